The Morgan fingerprint density at radius 1 is 0.300 bits per heavy atom. The Morgan fingerprint density at radius 2 is 0.433 bits per heavy atom. The van der Waals surface area contributed by atoms with Crippen LogP contribution in [-0.4, -0.2) is 29.9 Å². The van der Waals surface area contributed by atoms with E-state index < -0.39 is 0 Å². The normalized spacial score (nSPS) is 9.80. The summed E-state index contributed by atoms with van der Waals surface area (Å²) in [7, 11) is 0. The maximum atomic E-state index is 5.54. The molecular formula is C24H6N6. The fourth-order valence-electron chi connectivity index (χ4n) is 2.90. The van der Waals surface area contributed by atoms with Crippen LogP contribution in [-0.2, 0) is 0 Å². The number of aromatic nitrogens is 6. The van der Waals surface area contributed by atoms with Crippen molar-refractivity contribution in [3.8, 4) is 74.1 Å². The van der Waals surface area contributed by atoms with Crippen molar-refractivity contribution in [2.45, 2.75) is 0 Å². The number of rotatable bonds is 0. The van der Waals surface area contributed by atoms with E-state index in [2.05, 4.69) is 65.4 Å². The lowest BCUT2D eigenvalue weighted by Crippen LogP contribution is -2.05. The van der Waals surface area contributed by atoms with Gasteiger partial charge in [-0.3, -0.25) is 0 Å². The molecule has 3 heterocycles. The van der Waals surface area contributed by atoms with E-state index in [1.807, 2.05) is 0 Å². The van der Waals surface area contributed by atoms with Gasteiger partial charge in [0.1, 0.15) is 67.3 Å². The zero-order valence-corrected chi connectivity index (χ0v) is 15.1. The zero-order valence-electron chi connectivity index (χ0n) is 15.1. The van der Waals surface area contributed by atoms with Gasteiger partial charge in [0, 0.05) is 0 Å². The molecule has 0 amide bonds. The van der Waals surface area contributed by atoms with Crippen molar-refractivity contribution >= 4 is 33.1 Å². The molecule has 0 aliphatic heterocycles. The fraction of sp³-hybridized carbons (Fsp3) is 0. The largest absolute Gasteiger partial charge is 0.232 e. The van der Waals surface area contributed by atoms with Crippen LogP contribution in [0.15, 0.2) is 0 Å². The number of nitrogens with zero attached hydrogens (tertiary/aromatic N) is 6. The summed E-state index contributed by atoms with van der Waals surface area (Å²) in [5, 5.41) is 0. The van der Waals surface area contributed by atoms with Crippen LogP contribution in [0.2, 0.25) is 0 Å². The minimum Gasteiger partial charge on any atom is -0.232 e. The van der Waals surface area contributed by atoms with Crippen LogP contribution < -0.4 is 0 Å². The highest BCUT2D eigenvalue weighted by Gasteiger charge is 2.21. The van der Waals surface area contributed by atoms with Gasteiger partial charge < -0.3 is 0 Å². The minimum absolute atomic E-state index is 0.154. The maximum Gasteiger partial charge on any atom is 0.148 e. The molecule has 6 heteroatoms. The summed E-state index contributed by atoms with van der Waals surface area (Å²) >= 11 is 0. The second-order valence-electron chi connectivity index (χ2n) is 5.72. The van der Waals surface area contributed by atoms with Crippen LogP contribution in [0, 0.1) is 74.1 Å². The number of hydrogen-bond donors (Lipinski definition) is 0. The standard InChI is InChI=1S/C24H6N6/c1-7-13-14(8-2)26-20-19(25-13)21-23(29-16(10-4)15(9-3)27-21)24-22(20)28-17(11-5)18(12-6)30-24/h1-6H. The fourth-order valence-corrected chi connectivity index (χ4v) is 2.90. The maximum absolute atomic E-state index is 5.54. The number of terminal acetylenes is 6. The third-order valence-electron chi connectivity index (χ3n) is 4.18. The SMILES string of the molecule is C#Cc1nc2c3nc(C#C)c(C#C)nc3c3nc(C#C)c(C#C)nc3c2nc1C#C. The third-order valence-corrected chi connectivity index (χ3v) is 4.18. The Hall–Kier alpha value is -5.40. The Labute approximate surface area is 171 Å². The van der Waals surface area contributed by atoms with Crippen molar-refractivity contribution in [2.75, 3.05) is 0 Å². The van der Waals surface area contributed by atoms with Crippen molar-refractivity contribution in [3.05, 3.63) is 34.2 Å². The lowest BCUT2D eigenvalue weighted by Gasteiger charge is -2.10. The first-order valence-corrected chi connectivity index (χ1v) is 8.17. The first-order valence-electron chi connectivity index (χ1n) is 8.17. The van der Waals surface area contributed by atoms with E-state index in [0.717, 1.165) is 0 Å². The molecule has 0 aliphatic carbocycles. The van der Waals surface area contributed by atoms with Crippen LogP contribution in [0.4, 0.5) is 0 Å². The highest BCUT2D eigenvalue weighted by atomic mass is 14.9. The molecule has 132 valence electrons. The van der Waals surface area contributed by atoms with Gasteiger partial charge in [-0.25, -0.2) is 29.9 Å². The van der Waals surface area contributed by atoms with E-state index in [1.165, 1.54) is 0 Å². The molecule has 30 heavy (non-hydrogen) atoms. The third kappa shape index (κ3) is 2.38. The highest BCUT2D eigenvalue weighted by molar-refractivity contribution is 6.18. The molecule has 0 unspecified atom stereocenters. The molecule has 0 bridgehead atoms. The Balaban J connectivity index is 2.42. The molecule has 6 nitrogen and oxygen atoms in total. The Bertz CT molecular complexity index is 1340. The molecule has 0 atom stereocenters. The lowest BCUT2D eigenvalue weighted by molar-refractivity contribution is 1.18. The van der Waals surface area contributed by atoms with Crippen molar-refractivity contribution < 1.29 is 0 Å². The summed E-state index contributed by atoms with van der Waals surface area (Å²) in [6.45, 7) is 0. The van der Waals surface area contributed by atoms with Crippen LogP contribution in [0.25, 0.3) is 33.1 Å². The van der Waals surface area contributed by atoms with E-state index in [4.69, 9.17) is 38.5 Å². The predicted molar refractivity (Wildman–Crippen MR) is 113 cm³/mol. The molecule has 0 aliphatic rings. The van der Waals surface area contributed by atoms with Gasteiger partial charge in [0.25, 0.3) is 0 Å². The molecule has 3 aromatic heterocycles. The van der Waals surface area contributed by atoms with E-state index in [1.54, 1.807) is 0 Å². The summed E-state index contributed by atoms with van der Waals surface area (Å²) in [6, 6.07) is 0. The molecular weight excluding hydrogens is 372 g/mol. The molecule has 4 rings (SSSR count). The first-order chi connectivity index (χ1) is 14.6. The van der Waals surface area contributed by atoms with Gasteiger partial charge in [-0.2, -0.15) is 0 Å². The number of benzene rings is 1. The predicted octanol–water partition coefficient (Wildman–Crippen LogP) is 1.40. The van der Waals surface area contributed by atoms with Crippen LogP contribution >= 0.6 is 0 Å². The molecule has 0 fully saturated rings. The smallest absolute Gasteiger partial charge is 0.148 e. The van der Waals surface area contributed by atoms with Gasteiger partial charge in [0.2, 0.25) is 0 Å². The first kappa shape index (κ1) is 18.0. The van der Waals surface area contributed by atoms with Gasteiger partial charge in [0.15, 0.2) is 0 Å². The van der Waals surface area contributed by atoms with Gasteiger partial charge in [-0.1, -0.05) is 0 Å². The second-order valence-corrected chi connectivity index (χ2v) is 5.72. The monoisotopic (exact) mass is 378 g/mol. The number of fused-ring (bicyclic) bond motifs is 6. The quantitative estimate of drug-likeness (QED) is 0.340. The van der Waals surface area contributed by atoms with Gasteiger partial charge >= 0.3 is 0 Å². The second kappa shape index (κ2) is 6.64. The van der Waals surface area contributed by atoms with Gasteiger partial charge in [-0.15, -0.1) is 38.5 Å². The molecule has 1 aromatic carbocycles. The van der Waals surface area contributed by atoms with Gasteiger partial charge in [0.05, 0.1) is 0 Å². The summed E-state index contributed by atoms with van der Waals surface area (Å²) in [5.41, 5.74) is 2.60. The molecule has 0 spiro atoms. The van der Waals surface area contributed by atoms with Crippen molar-refractivity contribution in [1.29, 1.82) is 0 Å². The van der Waals surface area contributed by atoms with E-state index >= 15 is 0 Å². The summed E-state index contributed by atoms with van der Waals surface area (Å²) in [5.74, 6) is 14.5. The lowest BCUT2D eigenvalue weighted by atomic mass is 10.1. The molecule has 0 radical (unpaired) electrons. The Kier molecular flexibility index (Phi) is 3.98. The van der Waals surface area contributed by atoms with Gasteiger partial charge in [-0.05, 0) is 35.5 Å². The molecule has 4 aromatic rings. The summed E-state index contributed by atoms with van der Waals surface area (Å²) in [4.78, 5) is 26.7. The average Bonchev–Trinajstić information content (AvgIpc) is 2.81. The van der Waals surface area contributed by atoms with E-state index in [0.29, 0.717) is 0 Å². The molecule has 0 saturated heterocycles. The number of hydrogen-bond acceptors (Lipinski definition) is 6. The Morgan fingerprint density at radius 3 is 0.533 bits per heavy atom. The van der Waals surface area contributed by atoms with Crippen molar-refractivity contribution in [2.24, 2.45) is 0 Å². The summed E-state index contributed by atoms with van der Waals surface area (Å²) in [6.07, 6.45) is 33.2. The van der Waals surface area contributed by atoms with Crippen LogP contribution in [0.1, 0.15) is 34.2 Å². The van der Waals surface area contributed by atoms with Crippen molar-refractivity contribution in [3.63, 3.8) is 0 Å². The van der Waals surface area contributed by atoms with Crippen LogP contribution in [0.5, 0.6) is 0 Å². The highest BCUT2D eigenvalue weighted by Crippen LogP contribution is 2.30. The zero-order chi connectivity index (χ0) is 21.4. The molecule has 0 N–H and O–H groups in total. The molecule has 0 saturated carbocycles. The van der Waals surface area contributed by atoms with Crippen molar-refractivity contribution in [1.82, 2.24) is 29.9 Å². The van der Waals surface area contributed by atoms with E-state index in [9.17, 15) is 0 Å². The topological polar surface area (TPSA) is 77.3 Å². The average molecular weight is 378 g/mol. The summed E-state index contributed by atoms with van der Waals surface area (Å²) < 4.78 is 0. The van der Waals surface area contributed by atoms with Crippen LogP contribution in [0.3, 0.4) is 0 Å². The minimum atomic E-state index is 0.154. The van der Waals surface area contributed by atoms with E-state index in [-0.39, 0.29) is 67.3 Å².